The SMILES string of the molecule is O=CO.[B]C(SC([B])(CCCCC)CC([B])([B])SCc1ccccc1)c1ccccc1. The highest BCUT2D eigenvalue weighted by Crippen LogP contribution is 2.44. The minimum Gasteiger partial charge on any atom is -0.483 e. The molecule has 0 aliphatic rings. The van der Waals surface area contributed by atoms with Crippen molar-refractivity contribution in [2.24, 2.45) is 0 Å². The number of hydrogen-bond acceptors (Lipinski definition) is 3. The Bertz CT molecular complexity index is 735. The summed E-state index contributed by atoms with van der Waals surface area (Å²) in [6, 6.07) is 20.3. The van der Waals surface area contributed by atoms with Gasteiger partial charge in [0, 0.05) is 5.75 Å². The van der Waals surface area contributed by atoms with Crippen LogP contribution in [0, 0.1) is 0 Å². The number of benzene rings is 2. The highest BCUT2D eigenvalue weighted by Gasteiger charge is 2.33. The van der Waals surface area contributed by atoms with E-state index in [0.29, 0.717) is 6.42 Å². The van der Waals surface area contributed by atoms with Crippen LogP contribution in [0.15, 0.2) is 60.7 Å². The van der Waals surface area contributed by atoms with Crippen LogP contribution < -0.4 is 0 Å². The zero-order valence-electron chi connectivity index (χ0n) is 18.2. The first-order valence-electron chi connectivity index (χ1n) is 10.4. The van der Waals surface area contributed by atoms with Crippen molar-refractivity contribution < 1.29 is 9.90 Å². The van der Waals surface area contributed by atoms with Gasteiger partial charge < -0.3 is 5.11 Å². The van der Waals surface area contributed by atoms with Crippen LogP contribution in [-0.2, 0) is 10.5 Å². The van der Waals surface area contributed by atoms with Gasteiger partial charge in [0.2, 0.25) is 0 Å². The molecular formula is C23H28B4O2S2. The molecule has 0 amide bonds. The molecule has 31 heavy (non-hydrogen) atoms. The molecule has 0 bridgehead atoms. The third kappa shape index (κ3) is 11.9. The maximum atomic E-state index is 8.36. The summed E-state index contributed by atoms with van der Waals surface area (Å²) in [5.41, 5.74) is 2.27. The van der Waals surface area contributed by atoms with Gasteiger partial charge in [-0.25, -0.2) is 0 Å². The molecule has 2 aromatic rings. The minimum atomic E-state index is -0.916. The lowest BCUT2D eigenvalue weighted by Crippen LogP contribution is -2.39. The highest BCUT2D eigenvalue weighted by atomic mass is 32.2. The molecule has 0 aliphatic heterocycles. The molecule has 0 aliphatic carbocycles. The van der Waals surface area contributed by atoms with Gasteiger partial charge in [-0.3, -0.25) is 4.79 Å². The van der Waals surface area contributed by atoms with E-state index in [9.17, 15) is 0 Å². The van der Waals surface area contributed by atoms with Gasteiger partial charge in [-0.15, -0.1) is 0 Å². The third-order valence-electron chi connectivity index (χ3n) is 4.62. The van der Waals surface area contributed by atoms with Crippen molar-refractivity contribution in [3.63, 3.8) is 0 Å². The maximum absolute atomic E-state index is 8.36. The topological polar surface area (TPSA) is 37.3 Å². The van der Waals surface area contributed by atoms with Gasteiger partial charge in [-0.05, 0) is 33.8 Å². The Kier molecular flexibility index (Phi) is 13.4. The second-order valence-electron chi connectivity index (χ2n) is 7.48. The summed E-state index contributed by atoms with van der Waals surface area (Å²) < 4.78 is -1.49. The van der Waals surface area contributed by atoms with Crippen LogP contribution in [-0.4, -0.2) is 52.2 Å². The Labute approximate surface area is 201 Å². The first kappa shape index (κ1) is 27.9. The zero-order chi connectivity index (χ0) is 23.2. The molecule has 1 N–H and O–H groups in total. The lowest BCUT2D eigenvalue weighted by Gasteiger charge is -2.40. The first-order valence-corrected chi connectivity index (χ1v) is 12.2. The lowest BCUT2D eigenvalue weighted by atomic mass is 9.60. The normalized spacial score (nSPS) is 14.0. The fraction of sp³-hybridized carbons (Fsp3) is 0.435. The Balaban J connectivity index is 0.00000151. The molecule has 0 saturated heterocycles. The molecule has 2 nitrogen and oxygen atoms in total. The van der Waals surface area contributed by atoms with Crippen molar-refractivity contribution in [1.29, 1.82) is 0 Å². The summed E-state index contributed by atoms with van der Waals surface area (Å²) in [6.45, 7) is 1.94. The lowest BCUT2D eigenvalue weighted by molar-refractivity contribution is -0.122. The van der Waals surface area contributed by atoms with Gasteiger partial charge in [-0.2, -0.15) is 23.5 Å². The van der Waals surface area contributed by atoms with Gasteiger partial charge in [0.25, 0.3) is 6.47 Å². The molecule has 0 fully saturated rings. The van der Waals surface area contributed by atoms with E-state index in [-0.39, 0.29) is 11.6 Å². The van der Waals surface area contributed by atoms with Crippen LogP contribution in [0.5, 0.6) is 0 Å². The summed E-state index contributed by atoms with van der Waals surface area (Å²) in [5, 5.41) is 6.68. The number of unbranched alkanes of at least 4 members (excludes halogenated alkanes) is 2. The molecule has 2 aromatic carbocycles. The largest absolute Gasteiger partial charge is 0.483 e. The van der Waals surface area contributed by atoms with Gasteiger partial charge in [0.05, 0.1) is 31.4 Å². The predicted molar refractivity (Wildman–Crippen MR) is 140 cm³/mol. The number of rotatable bonds is 12. The second kappa shape index (κ2) is 14.8. The van der Waals surface area contributed by atoms with Crippen molar-refractivity contribution >= 4 is 61.4 Å². The number of carbonyl (C=O) groups is 1. The summed E-state index contributed by atoms with van der Waals surface area (Å²) in [4.78, 5) is 8.36. The number of hydrogen-bond donors (Lipinski definition) is 1. The van der Waals surface area contributed by atoms with Crippen LogP contribution in [0.2, 0.25) is 0 Å². The van der Waals surface area contributed by atoms with Crippen molar-refractivity contribution in [2.75, 3.05) is 0 Å². The Morgan fingerprint density at radius 3 is 2.10 bits per heavy atom. The molecule has 2 rings (SSSR count). The van der Waals surface area contributed by atoms with Gasteiger partial charge in [-0.1, -0.05) is 91.4 Å². The van der Waals surface area contributed by atoms with Gasteiger partial charge in [0.1, 0.15) is 0 Å². The number of thioether (sulfide) groups is 2. The highest BCUT2D eigenvalue weighted by molar-refractivity contribution is 8.03. The second-order valence-corrected chi connectivity index (χ2v) is 10.4. The minimum absolute atomic E-state index is 0.206. The average molecular weight is 444 g/mol. The molecule has 0 spiro atoms. The molecule has 156 valence electrons. The van der Waals surface area contributed by atoms with E-state index in [0.717, 1.165) is 37.0 Å². The van der Waals surface area contributed by atoms with E-state index in [1.807, 2.05) is 48.5 Å². The first-order chi connectivity index (χ1) is 14.7. The zero-order valence-corrected chi connectivity index (χ0v) is 19.8. The molecule has 8 radical (unpaired) electrons. The quantitative estimate of drug-likeness (QED) is 0.283. The molecule has 0 heterocycles. The smallest absolute Gasteiger partial charge is 0.290 e. The van der Waals surface area contributed by atoms with Gasteiger partial charge in [0.15, 0.2) is 0 Å². The van der Waals surface area contributed by atoms with E-state index < -0.39 is 9.19 Å². The molecular weight excluding hydrogens is 416 g/mol. The summed E-state index contributed by atoms with van der Waals surface area (Å²) in [5.74, 6) is 0.758. The van der Waals surface area contributed by atoms with Crippen LogP contribution in [0.4, 0.5) is 0 Å². The molecule has 2 unspecified atom stereocenters. The molecule has 8 heteroatoms. The Hall–Kier alpha value is -1.13. The maximum Gasteiger partial charge on any atom is 0.290 e. The third-order valence-corrected chi connectivity index (χ3v) is 7.12. The van der Waals surface area contributed by atoms with E-state index in [1.54, 1.807) is 23.5 Å². The van der Waals surface area contributed by atoms with Crippen molar-refractivity contribution in [3.8, 4) is 0 Å². The van der Waals surface area contributed by atoms with E-state index in [2.05, 4.69) is 19.1 Å². The Morgan fingerprint density at radius 2 is 1.55 bits per heavy atom. The van der Waals surface area contributed by atoms with E-state index in [1.165, 1.54) is 5.56 Å². The van der Waals surface area contributed by atoms with Crippen LogP contribution in [0.25, 0.3) is 0 Å². The summed E-state index contributed by atoms with van der Waals surface area (Å²) in [7, 11) is 26.3. The van der Waals surface area contributed by atoms with Gasteiger partial charge >= 0.3 is 0 Å². The van der Waals surface area contributed by atoms with Crippen molar-refractivity contribution in [3.05, 3.63) is 71.8 Å². The standard InChI is InChI=1S/C22H26B4S2.CH2O2/c1-2-3-10-15-21(24,28-20(23)19-13-8-5-9-14-19)17-22(25,26)27-16-18-11-6-4-7-12-18;2-1-3/h4-9,11-14,20H,2-3,10,15-17H2,1H3;1H,(H,2,3). The van der Waals surface area contributed by atoms with E-state index >= 15 is 0 Å². The average Bonchev–Trinajstić information content (AvgIpc) is 2.74. The van der Waals surface area contributed by atoms with Crippen LogP contribution >= 0.6 is 23.5 Å². The monoisotopic (exact) mass is 444 g/mol. The number of carboxylic acid groups (broad SMARTS) is 1. The van der Waals surface area contributed by atoms with Crippen molar-refractivity contribution in [2.45, 2.75) is 59.1 Å². The molecule has 2 atom stereocenters. The van der Waals surface area contributed by atoms with E-state index in [4.69, 9.17) is 41.3 Å². The molecule has 0 saturated carbocycles. The predicted octanol–water partition coefficient (Wildman–Crippen LogP) is 5.05. The fourth-order valence-corrected chi connectivity index (χ4v) is 5.60. The Morgan fingerprint density at radius 1 is 1.00 bits per heavy atom. The fourth-order valence-electron chi connectivity index (χ4n) is 3.14. The van der Waals surface area contributed by atoms with Crippen LogP contribution in [0.1, 0.15) is 55.3 Å². The molecule has 0 aromatic heterocycles. The summed E-state index contributed by atoms with van der Waals surface area (Å²) >= 11 is 3.12. The van der Waals surface area contributed by atoms with Crippen LogP contribution in [0.3, 0.4) is 0 Å². The van der Waals surface area contributed by atoms with Crippen molar-refractivity contribution in [1.82, 2.24) is 0 Å². The summed E-state index contributed by atoms with van der Waals surface area (Å²) in [6.07, 6.45) is 4.66.